The van der Waals surface area contributed by atoms with E-state index in [1.165, 1.54) is 11.3 Å². The fourth-order valence-corrected chi connectivity index (χ4v) is 5.84. The molecule has 3 atom stereocenters. The Hall–Kier alpha value is -3.47. The monoisotopic (exact) mass is 518 g/mol. The summed E-state index contributed by atoms with van der Waals surface area (Å²) in [6.45, 7) is 7.53. The standard InChI is InChI=1S/C27H30N6O3S/c1-14-20(25-32-21-15(2)28-11-10-19(21)37-25)24(31-18-12-17(27(3,4)36)22(34)23(18)35)33-26(30-14)29-13-16-8-6-5-7-9-16/h5-11,17-18,23,35-36H,12-13H2,1-4H3,(H2,29,30,31,33)/t17-,18+,23-/m0/s1. The number of thiazole rings is 1. The maximum Gasteiger partial charge on any atom is 0.225 e. The molecule has 10 heteroatoms. The van der Waals surface area contributed by atoms with Crippen LogP contribution in [-0.4, -0.2) is 53.7 Å². The maximum absolute atomic E-state index is 12.7. The third-order valence-electron chi connectivity index (χ3n) is 6.77. The average Bonchev–Trinajstić information content (AvgIpc) is 3.40. The molecule has 5 rings (SSSR count). The van der Waals surface area contributed by atoms with Gasteiger partial charge in [-0.15, -0.1) is 11.3 Å². The molecule has 1 fully saturated rings. The Labute approximate surface area is 219 Å². The minimum Gasteiger partial charge on any atom is -0.390 e. The number of benzene rings is 1. The van der Waals surface area contributed by atoms with Gasteiger partial charge < -0.3 is 20.8 Å². The van der Waals surface area contributed by atoms with Gasteiger partial charge in [-0.2, -0.15) is 4.98 Å². The van der Waals surface area contributed by atoms with Gasteiger partial charge in [-0.1, -0.05) is 30.3 Å². The normalized spacial score (nSPS) is 19.9. The summed E-state index contributed by atoms with van der Waals surface area (Å²) >= 11 is 1.51. The molecule has 4 N–H and O–H groups in total. The first-order chi connectivity index (χ1) is 17.6. The van der Waals surface area contributed by atoms with Crippen LogP contribution < -0.4 is 10.6 Å². The van der Waals surface area contributed by atoms with Crippen molar-refractivity contribution < 1.29 is 15.0 Å². The van der Waals surface area contributed by atoms with E-state index in [2.05, 4.69) is 15.6 Å². The Kier molecular flexibility index (Phi) is 6.65. The molecule has 4 aromatic rings. The molecule has 1 aliphatic carbocycles. The smallest absolute Gasteiger partial charge is 0.225 e. The van der Waals surface area contributed by atoms with Gasteiger partial charge in [0, 0.05) is 12.7 Å². The van der Waals surface area contributed by atoms with Crippen molar-refractivity contribution in [2.75, 3.05) is 10.6 Å². The van der Waals surface area contributed by atoms with E-state index >= 15 is 0 Å². The van der Waals surface area contributed by atoms with Crippen LogP contribution in [0.2, 0.25) is 0 Å². The summed E-state index contributed by atoms with van der Waals surface area (Å²) in [5, 5.41) is 28.5. The summed E-state index contributed by atoms with van der Waals surface area (Å²) < 4.78 is 0.998. The Balaban J connectivity index is 1.54. The molecule has 3 heterocycles. The first-order valence-electron chi connectivity index (χ1n) is 12.2. The van der Waals surface area contributed by atoms with E-state index < -0.39 is 23.7 Å². The van der Waals surface area contributed by atoms with Crippen molar-refractivity contribution in [2.45, 2.75) is 58.4 Å². The highest BCUT2D eigenvalue weighted by Gasteiger charge is 2.47. The Morgan fingerprint density at radius 3 is 2.51 bits per heavy atom. The van der Waals surface area contributed by atoms with Crippen molar-refractivity contribution in [3.63, 3.8) is 0 Å². The minimum absolute atomic E-state index is 0.279. The topological polar surface area (TPSA) is 133 Å². The lowest BCUT2D eigenvalue weighted by Crippen LogP contribution is -2.36. The second kappa shape index (κ2) is 9.77. The largest absolute Gasteiger partial charge is 0.390 e. The van der Waals surface area contributed by atoms with Crippen LogP contribution in [0.5, 0.6) is 0 Å². The highest BCUT2D eigenvalue weighted by Crippen LogP contribution is 2.39. The van der Waals surface area contributed by atoms with E-state index in [0.29, 0.717) is 29.6 Å². The van der Waals surface area contributed by atoms with Gasteiger partial charge >= 0.3 is 0 Å². The maximum atomic E-state index is 12.7. The number of aryl methyl sites for hydroxylation is 2. The Morgan fingerprint density at radius 2 is 1.84 bits per heavy atom. The molecule has 0 spiro atoms. The second-order valence-corrected chi connectivity index (χ2v) is 11.0. The van der Waals surface area contributed by atoms with Gasteiger partial charge in [-0.05, 0) is 45.7 Å². The zero-order valence-electron chi connectivity index (χ0n) is 21.2. The number of aliphatic hydroxyl groups excluding tert-OH is 1. The van der Waals surface area contributed by atoms with E-state index in [0.717, 1.165) is 26.5 Å². The number of aliphatic hydroxyl groups is 2. The fraction of sp³-hybridized carbons (Fsp3) is 0.370. The van der Waals surface area contributed by atoms with Crippen LogP contribution in [0, 0.1) is 19.8 Å². The van der Waals surface area contributed by atoms with Gasteiger partial charge in [0.05, 0.1) is 39.2 Å². The lowest BCUT2D eigenvalue weighted by atomic mass is 9.89. The summed E-state index contributed by atoms with van der Waals surface area (Å²) in [6.07, 6.45) is 0.777. The molecule has 37 heavy (non-hydrogen) atoms. The number of nitrogens with one attached hydrogen (secondary N) is 2. The van der Waals surface area contributed by atoms with Crippen LogP contribution in [0.3, 0.4) is 0 Å². The first-order valence-corrected chi connectivity index (χ1v) is 13.0. The van der Waals surface area contributed by atoms with Crippen molar-refractivity contribution >= 4 is 39.1 Å². The molecular weight excluding hydrogens is 488 g/mol. The number of rotatable bonds is 7. The molecule has 192 valence electrons. The van der Waals surface area contributed by atoms with Crippen molar-refractivity contribution in [3.05, 3.63) is 59.5 Å². The highest BCUT2D eigenvalue weighted by atomic mass is 32.1. The predicted octanol–water partition coefficient (Wildman–Crippen LogP) is 3.88. The van der Waals surface area contributed by atoms with Gasteiger partial charge in [-0.3, -0.25) is 9.78 Å². The summed E-state index contributed by atoms with van der Waals surface area (Å²) in [6, 6.07) is 11.3. The molecular formula is C27H30N6O3S. The van der Waals surface area contributed by atoms with Gasteiger partial charge in [0.15, 0.2) is 5.78 Å². The molecule has 0 radical (unpaired) electrons. The number of hydrogen-bond donors (Lipinski definition) is 4. The zero-order chi connectivity index (χ0) is 26.3. The van der Waals surface area contributed by atoms with E-state index in [-0.39, 0.29) is 12.2 Å². The zero-order valence-corrected chi connectivity index (χ0v) is 22.0. The third-order valence-corrected chi connectivity index (χ3v) is 7.81. The molecule has 0 aliphatic heterocycles. The number of Topliss-reactive ketones (excluding diaryl/α,β-unsaturated/α-hetero) is 1. The molecule has 9 nitrogen and oxygen atoms in total. The molecule has 1 aromatic carbocycles. The van der Waals surface area contributed by atoms with Crippen LogP contribution >= 0.6 is 11.3 Å². The first kappa shape index (κ1) is 25.2. The van der Waals surface area contributed by atoms with Crippen LogP contribution in [0.1, 0.15) is 37.2 Å². The molecule has 1 aliphatic rings. The van der Waals surface area contributed by atoms with Crippen LogP contribution in [0.25, 0.3) is 20.8 Å². The summed E-state index contributed by atoms with van der Waals surface area (Å²) in [5.74, 6) is -0.162. The minimum atomic E-state index is -1.26. The highest BCUT2D eigenvalue weighted by molar-refractivity contribution is 7.21. The number of fused-ring (bicyclic) bond motifs is 1. The molecule has 0 unspecified atom stereocenters. The van der Waals surface area contributed by atoms with Gasteiger partial charge in [0.25, 0.3) is 0 Å². The molecule has 0 saturated heterocycles. The number of carbonyl (C=O) groups excluding carboxylic acids is 1. The average molecular weight is 519 g/mol. The van der Waals surface area contributed by atoms with Crippen molar-refractivity contribution in [1.82, 2.24) is 19.9 Å². The molecule has 3 aromatic heterocycles. The van der Waals surface area contributed by atoms with E-state index in [1.54, 1.807) is 20.0 Å². The number of anilines is 2. The van der Waals surface area contributed by atoms with Gasteiger partial charge in [0.1, 0.15) is 22.4 Å². The van der Waals surface area contributed by atoms with Crippen LogP contribution in [0.4, 0.5) is 11.8 Å². The number of carbonyl (C=O) groups is 1. The molecule has 1 saturated carbocycles. The predicted molar refractivity (Wildman–Crippen MR) is 145 cm³/mol. The number of aromatic nitrogens is 4. The SMILES string of the molecule is Cc1nc(NCc2ccccc2)nc(N[C@@H]2C[C@H](C(C)(C)O)C(=O)[C@H]2O)c1-c1nc2c(C)nccc2s1. The lowest BCUT2D eigenvalue weighted by Gasteiger charge is -2.24. The summed E-state index contributed by atoms with van der Waals surface area (Å²) in [7, 11) is 0. The van der Waals surface area contributed by atoms with Crippen molar-refractivity contribution in [1.29, 1.82) is 0 Å². The summed E-state index contributed by atoms with van der Waals surface area (Å²) in [5.41, 5.74) is 2.91. The van der Waals surface area contributed by atoms with Crippen LogP contribution in [-0.2, 0) is 11.3 Å². The van der Waals surface area contributed by atoms with E-state index in [1.807, 2.05) is 50.2 Å². The van der Waals surface area contributed by atoms with Gasteiger partial charge in [0.2, 0.25) is 5.95 Å². The summed E-state index contributed by atoms with van der Waals surface area (Å²) in [4.78, 5) is 31.4. The van der Waals surface area contributed by atoms with E-state index in [4.69, 9.17) is 15.0 Å². The molecule has 0 bridgehead atoms. The third kappa shape index (κ3) is 5.04. The van der Waals surface area contributed by atoms with Crippen LogP contribution in [0.15, 0.2) is 42.6 Å². The number of nitrogens with zero attached hydrogens (tertiary/aromatic N) is 4. The Morgan fingerprint density at radius 1 is 1.08 bits per heavy atom. The van der Waals surface area contributed by atoms with Crippen molar-refractivity contribution in [2.24, 2.45) is 5.92 Å². The number of hydrogen-bond acceptors (Lipinski definition) is 10. The number of ketones is 1. The number of pyridine rings is 1. The fourth-order valence-electron chi connectivity index (χ4n) is 4.73. The molecule has 0 amide bonds. The quantitative estimate of drug-likeness (QED) is 0.288. The van der Waals surface area contributed by atoms with Crippen molar-refractivity contribution in [3.8, 4) is 10.6 Å². The second-order valence-electron chi connectivity index (χ2n) is 10.00. The Bertz CT molecular complexity index is 1450. The van der Waals surface area contributed by atoms with E-state index in [9.17, 15) is 15.0 Å². The lowest BCUT2D eigenvalue weighted by molar-refractivity contribution is -0.133. The van der Waals surface area contributed by atoms with Gasteiger partial charge in [-0.25, -0.2) is 9.97 Å².